The average molecular weight is 557 g/mol. The van der Waals surface area contributed by atoms with Crippen LogP contribution in [0.15, 0.2) is 55.2 Å². The van der Waals surface area contributed by atoms with Crippen LogP contribution in [-0.4, -0.2) is 69.3 Å². The van der Waals surface area contributed by atoms with Gasteiger partial charge in [-0.1, -0.05) is 0 Å². The average Bonchev–Trinajstić information content (AvgIpc) is 3.35. The Hall–Kier alpha value is -4.04. The lowest BCUT2D eigenvalue weighted by Gasteiger charge is -2.52. The van der Waals surface area contributed by atoms with Crippen molar-refractivity contribution in [2.24, 2.45) is 0 Å². The van der Waals surface area contributed by atoms with Crippen molar-refractivity contribution in [3.05, 3.63) is 83.7 Å². The van der Waals surface area contributed by atoms with Gasteiger partial charge in [-0.05, 0) is 43.7 Å². The van der Waals surface area contributed by atoms with E-state index in [1.165, 1.54) is 31.6 Å². The fourth-order valence-corrected chi connectivity index (χ4v) is 7.54. The summed E-state index contributed by atoms with van der Waals surface area (Å²) in [5.41, 5.74) is -0.693. The number of aromatic nitrogens is 3. The van der Waals surface area contributed by atoms with Crippen molar-refractivity contribution >= 4 is 27.6 Å². The Labute approximate surface area is 223 Å². The molecule has 2 aromatic heterocycles. The predicted molar refractivity (Wildman–Crippen MR) is 138 cm³/mol. The number of sulfonamides is 1. The molecule has 0 radical (unpaired) electrons. The van der Waals surface area contributed by atoms with E-state index in [1.807, 2.05) is 4.90 Å². The minimum Gasteiger partial charge on any atom is -0.345 e. The summed E-state index contributed by atoms with van der Waals surface area (Å²) in [5.74, 6) is -2.36. The van der Waals surface area contributed by atoms with Gasteiger partial charge in [0, 0.05) is 55.9 Å². The van der Waals surface area contributed by atoms with E-state index in [2.05, 4.69) is 25.6 Å². The third-order valence-electron chi connectivity index (χ3n) is 7.50. The Morgan fingerprint density at radius 2 is 1.92 bits per heavy atom. The summed E-state index contributed by atoms with van der Waals surface area (Å²) in [6.07, 6.45) is 5.76. The Morgan fingerprint density at radius 3 is 2.62 bits per heavy atom. The molecule has 2 fully saturated rings. The van der Waals surface area contributed by atoms with Crippen LogP contribution in [0.4, 0.5) is 14.5 Å². The van der Waals surface area contributed by atoms with E-state index in [-0.39, 0.29) is 29.9 Å². The first-order chi connectivity index (χ1) is 18.5. The van der Waals surface area contributed by atoms with Crippen molar-refractivity contribution in [2.45, 2.75) is 30.2 Å². The number of nitrogens with zero attached hydrogens (tertiary/aromatic N) is 5. The number of amides is 1. The van der Waals surface area contributed by atoms with E-state index < -0.39 is 43.8 Å². The molecular weight excluding hydrogens is 530 g/mol. The molecule has 5 rings (SSSR count). The summed E-state index contributed by atoms with van der Waals surface area (Å²) < 4.78 is 56.1. The Balaban J connectivity index is 1.54. The third kappa shape index (κ3) is 4.38. The molecule has 1 aromatic carbocycles. The molecule has 39 heavy (non-hydrogen) atoms. The van der Waals surface area contributed by atoms with Gasteiger partial charge in [-0.2, -0.15) is 0 Å². The number of likely N-dealkylation sites (tertiary alicyclic amines) is 1. The maximum atomic E-state index is 15.5. The molecule has 0 unspecified atom stereocenters. The van der Waals surface area contributed by atoms with Crippen molar-refractivity contribution in [1.29, 1.82) is 5.41 Å². The van der Waals surface area contributed by atoms with Gasteiger partial charge in [0.25, 0.3) is 5.91 Å². The zero-order valence-corrected chi connectivity index (χ0v) is 22.0. The van der Waals surface area contributed by atoms with Gasteiger partial charge in [-0.25, -0.2) is 36.5 Å². The lowest BCUT2D eigenvalue weighted by atomic mass is 9.77. The molecule has 14 heteroatoms. The number of hydrogen-bond acceptors (Lipinski definition) is 8. The van der Waals surface area contributed by atoms with Crippen LogP contribution in [0.5, 0.6) is 0 Å². The molecule has 1 spiro atoms. The first-order valence-corrected chi connectivity index (χ1v) is 13.5. The number of pyridine rings is 1. The zero-order valence-electron chi connectivity index (χ0n) is 21.1. The van der Waals surface area contributed by atoms with E-state index in [0.29, 0.717) is 13.1 Å². The lowest BCUT2D eigenvalue weighted by molar-refractivity contribution is 0.102. The molecule has 1 amide bonds. The first kappa shape index (κ1) is 26.6. The topological polar surface area (TPSA) is 144 Å². The van der Waals surface area contributed by atoms with Crippen LogP contribution < -0.4 is 10.6 Å². The fraction of sp³-hybridized carbons (Fsp3) is 0.320. The minimum atomic E-state index is -4.16. The van der Waals surface area contributed by atoms with E-state index in [9.17, 15) is 17.6 Å². The monoisotopic (exact) mass is 556 g/mol. The van der Waals surface area contributed by atoms with Gasteiger partial charge in [0.1, 0.15) is 28.4 Å². The number of nitrogens with one attached hydrogen (secondary N) is 3. The highest BCUT2D eigenvalue weighted by molar-refractivity contribution is 7.91. The smallest absolute Gasteiger partial charge is 0.274 e. The van der Waals surface area contributed by atoms with Crippen LogP contribution in [0, 0.1) is 17.0 Å². The van der Waals surface area contributed by atoms with E-state index in [1.54, 1.807) is 19.3 Å². The first-order valence-electron chi connectivity index (χ1n) is 12.0. The van der Waals surface area contributed by atoms with Gasteiger partial charge in [0.05, 0.1) is 11.7 Å². The van der Waals surface area contributed by atoms with Crippen LogP contribution in [0.2, 0.25) is 0 Å². The summed E-state index contributed by atoms with van der Waals surface area (Å²) in [6, 6.07) is 6.12. The van der Waals surface area contributed by atoms with E-state index in [0.717, 1.165) is 28.2 Å². The quantitative estimate of drug-likeness (QED) is 0.433. The minimum absolute atomic E-state index is 0.0290. The van der Waals surface area contributed by atoms with Crippen molar-refractivity contribution in [1.82, 2.24) is 29.5 Å². The van der Waals surface area contributed by atoms with Gasteiger partial charge in [0.2, 0.25) is 16.0 Å². The molecule has 2 aliphatic rings. The Bertz CT molecular complexity index is 1540. The van der Waals surface area contributed by atoms with Gasteiger partial charge in [0.15, 0.2) is 0 Å². The van der Waals surface area contributed by atoms with Gasteiger partial charge in [-0.3, -0.25) is 15.1 Å². The van der Waals surface area contributed by atoms with Gasteiger partial charge in [-0.15, -0.1) is 0 Å². The van der Waals surface area contributed by atoms with Crippen molar-refractivity contribution in [3.8, 4) is 0 Å². The summed E-state index contributed by atoms with van der Waals surface area (Å²) in [5, 5.41) is 13.9. The second kappa shape index (κ2) is 9.61. The number of benzene rings is 1. The number of halogens is 2. The maximum absolute atomic E-state index is 15.5. The van der Waals surface area contributed by atoms with Crippen LogP contribution in [0.1, 0.15) is 35.0 Å². The van der Waals surface area contributed by atoms with Gasteiger partial charge >= 0.3 is 0 Å². The molecule has 3 aromatic rings. The normalized spacial score (nSPS) is 24.5. The van der Waals surface area contributed by atoms with E-state index >= 15 is 4.39 Å². The molecule has 0 saturated carbocycles. The lowest BCUT2D eigenvalue weighted by Crippen LogP contribution is -2.74. The van der Waals surface area contributed by atoms with Crippen molar-refractivity contribution < 1.29 is 22.0 Å². The zero-order chi connectivity index (χ0) is 28.0. The molecule has 3 N–H and O–H groups in total. The van der Waals surface area contributed by atoms with Gasteiger partial charge < -0.3 is 10.6 Å². The second-order valence-electron chi connectivity index (χ2n) is 9.78. The highest BCUT2D eigenvalue weighted by atomic mass is 32.2. The standard InChI is InChI=1S/C25H26F2N8O3S/c1-24(19-9-18(4-5-20(19)27)32-22(36)21-6-3-17(26)12-31-21)25(39(37,38)34(2)23(28)33-24)7-8-35(14-25)13-16-10-29-15-30-11-16/h3-6,9-12,15H,7-8,13-14H2,1-2H3,(H2,28,33)(H,32,36)/t24-,25+/m1/s1. The number of rotatable bonds is 5. The van der Waals surface area contributed by atoms with Crippen LogP contribution >= 0.6 is 0 Å². The molecule has 204 valence electrons. The predicted octanol–water partition coefficient (Wildman–Crippen LogP) is 2.06. The molecule has 0 bridgehead atoms. The SMILES string of the molecule is CN1C(=N)N[C@](C)(c2cc(NC(=O)c3ccc(F)cn3)ccc2F)[C@@]2(CCN(Cc3cncnc3)C2)S1(=O)=O. The highest BCUT2D eigenvalue weighted by Crippen LogP contribution is 2.49. The maximum Gasteiger partial charge on any atom is 0.274 e. The second-order valence-corrected chi connectivity index (χ2v) is 12.1. The number of carbonyl (C=O) groups is 1. The summed E-state index contributed by atoms with van der Waals surface area (Å²) >= 11 is 0. The molecule has 2 atom stereocenters. The summed E-state index contributed by atoms with van der Waals surface area (Å²) in [6.45, 7) is 2.38. The summed E-state index contributed by atoms with van der Waals surface area (Å²) in [7, 11) is -2.86. The van der Waals surface area contributed by atoms with Crippen LogP contribution in [-0.2, 0) is 22.1 Å². The summed E-state index contributed by atoms with van der Waals surface area (Å²) in [4.78, 5) is 26.4. The van der Waals surface area contributed by atoms with Crippen molar-refractivity contribution in [3.63, 3.8) is 0 Å². The number of guanidine groups is 1. The number of hydrogen-bond donors (Lipinski definition) is 3. The Kier molecular flexibility index (Phi) is 6.55. The van der Waals surface area contributed by atoms with Crippen LogP contribution in [0.3, 0.4) is 0 Å². The molecule has 4 heterocycles. The molecule has 11 nitrogen and oxygen atoms in total. The Morgan fingerprint density at radius 1 is 1.18 bits per heavy atom. The largest absolute Gasteiger partial charge is 0.345 e. The molecule has 2 aliphatic heterocycles. The molecule has 2 saturated heterocycles. The van der Waals surface area contributed by atoms with Crippen molar-refractivity contribution in [2.75, 3.05) is 25.5 Å². The molecule has 0 aliphatic carbocycles. The fourth-order valence-electron chi connectivity index (χ4n) is 5.36. The van der Waals surface area contributed by atoms with Crippen LogP contribution in [0.25, 0.3) is 0 Å². The number of carbonyl (C=O) groups excluding carboxylic acids is 1. The molecular formula is C25H26F2N8O3S. The third-order valence-corrected chi connectivity index (χ3v) is 10.1. The van der Waals surface area contributed by atoms with E-state index in [4.69, 9.17) is 5.41 Å². The highest BCUT2D eigenvalue weighted by Gasteiger charge is 2.66. The number of anilines is 1.